The Bertz CT molecular complexity index is 849. The molecular formula is C23H30N2O4. The number of carbonyl (C=O) groups excluding carboxylic acids is 2. The third-order valence-electron chi connectivity index (χ3n) is 4.31. The van der Waals surface area contributed by atoms with Crippen molar-refractivity contribution in [3.63, 3.8) is 0 Å². The van der Waals surface area contributed by atoms with E-state index in [0.29, 0.717) is 23.9 Å². The summed E-state index contributed by atoms with van der Waals surface area (Å²) < 4.78 is 11.4. The Balaban J connectivity index is 2.00. The number of aryl methyl sites for hydroxylation is 1. The van der Waals surface area contributed by atoms with Gasteiger partial charge in [0, 0.05) is 18.3 Å². The molecule has 0 heterocycles. The van der Waals surface area contributed by atoms with Gasteiger partial charge in [-0.2, -0.15) is 0 Å². The molecule has 2 aromatic carbocycles. The van der Waals surface area contributed by atoms with E-state index >= 15 is 0 Å². The summed E-state index contributed by atoms with van der Waals surface area (Å²) in [4.78, 5) is 24.1. The standard InChI is InChI=1S/C23H30N2O4/c1-6-24-22(26)14-28-19-9-7-8-18(13-19)25-23(27)17(5)29-21-12-16(4)10-11-20(21)15(2)3/h7-13,15,17H,6,14H2,1-5H3,(H,24,26)(H,25,27). The van der Waals surface area contributed by atoms with E-state index in [4.69, 9.17) is 9.47 Å². The number of hydrogen-bond donors (Lipinski definition) is 2. The Morgan fingerprint density at radius 2 is 1.83 bits per heavy atom. The van der Waals surface area contributed by atoms with Crippen molar-refractivity contribution in [1.82, 2.24) is 5.32 Å². The number of ether oxygens (including phenoxy) is 2. The Morgan fingerprint density at radius 3 is 2.52 bits per heavy atom. The normalized spacial score (nSPS) is 11.7. The monoisotopic (exact) mass is 398 g/mol. The van der Waals surface area contributed by atoms with Crippen LogP contribution in [0.25, 0.3) is 0 Å². The van der Waals surface area contributed by atoms with Gasteiger partial charge in [0.2, 0.25) is 0 Å². The molecule has 0 radical (unpaired) electrons. The molecule has 2 N–H and O–H groups in total. The lowest BCUT2D eigenvalue weighted by molar-refractivity contribution is -0.123. The van der Waals surface area contributed by atoms with Gasteiger partial charge in [-0.25, -0.2) is 0 Å². The summed E-state index contributed by atoms with van der Waals surface area (Å²) in [6.07, 6.45) is -0.672. The van der Waals surface area contributed by atoms with Gasteiger partial charge in [-0.05, 0) is 56.0 Å². The SMILES string of the molecule is CCNC(=O)COc1cccc(NC(=O)C(C)Oc2cc(C)ccc2C(C)C)c1. The van der Waals surface area contributed by atoms with Crippen molar-refractivity contribution in [1.29, 1.82) is 0 Å². The van der Waals surface area contributed by atoms with Crippen LogP contribution in [0.15, 0.2) is 42.5 Å². The van der Waals surface area contributed by atoms with Gasteiger partial charge in [0.25, 0.3) is 11.8 Å². The van der Waals surface area contributed by atoms with Crippen molar-refractivity contribution in [3.8, 4) is 11.5 Å². The number of carbonyl (C=O) groups is 2. The van der Waals surface area contributed by atoms with E-state index in [1.165, 1.54) is 0 Å². The second kappa shape index (κ2) is 10.5. The quantitative estimate of drug-likeness (QED) is 0.668. The maximum Gasteiger partial charge on any atom is 0.265 e. The second-order valence-corrected chi connectivity index (χ2v) is 7.22. The van der Waals surface area contributed by atoms with Crippen LogP contribution < -0.4 is 20.1 Å². The van der Waals surface area contributed by atoms with Crippen molar-refractivity contribution >= 4 is 17.5 Å². The molecular weight excluding hydrogens is 368 g/mol. The second-order valence-electron chi connectivity index (χ2n) is 7.22. The molecule has 0 saturated heterocycles. The van der Waals surface area contributed by atoms with Crippen LogP contribution in [0.5, 0.6) is 11.5 Å². The van der Waals surface area contributed by atoms with Crippen molar-refractivity contribution in [2.24, 2.45) is 0 Å². The van der Waals surface area contributed by atoms with Crippen LogP contribution in [0.4, 0.5) is 5.69 Å². The number of rotatable bonds is 9. The summed E-state index contributed by atoms with van der Waals surface area (Å²) in [7, 11) is 0. The average molecular weight is 399 g/mol. The van der Waals surface area contributed by atoms with E-state index in [1.807, 2.05) is 32.0 Å². The molecule has 2 rings (SSSR count). The van der Waals surface area contributed by atoms with Gasteiger partial charge < -0.3 is 20.1 Å². The van der Waals surface area contributed by atoms with Gasteiger partial charge in [-0.15, -0.1) is 0 Å². The molecule has 2 aromatic rings. The van der Waals surface area contributed by atoms with Crippen LogP contribution in [0, 0.1) is 6.92 Å². The fourth-order valence-corrected chi connectivity index (χ4v) is 2.77. The van der Waals surface area contributed by atoms with Gasteiger partial charge in [-0.1, -0.05) is 32.0 Å². The zero-order valence-electron chi connectivity index (χ0n) is 17.7. The Labute approximate surface area is 172 Å². The maximum absolute atomic E-state index is 12.6. The first-order valence-corrected chi connectivity index (χ1v) is 9.87. The van der Waals surface area contributed by atoms with Gasteiger partial charge in [0.1, 0.15) is 11.5 Å². The average Bonchev–Trinajstić information content (AvgIpc) is 2.66. The van der Waals surface area contributed by atoms with Crippen LogP contribution in [0.1, 0.15) is 44.7 Å². The third kappa shape index (κ3) is 6.82. The molecule has 6 nitrogen and oxygen atoms in total. The summed E-state index contributed by atoms with van der Waals surface area (Å²) in [5.74, 6) is 1.06. The highest BCUT2D eigenvalue weighted by atomic mass is 16.5. The van der Waals surface area contributed by atoms with Gasteiger partial charge in [-0.3, -0.25) is 9.59 Å². The first kappa shape index (κ1) is 22.3. The van der Waals surface area contributed by atoms with Crippen LogP contribution in [-0.4, -0.2) is 31.1 Å². The maximum atomic E-state index is 12.6. The van der Waals surface area contributed by atoms with E-state index in [1.54, 1.807) is 31.2 Å². The van der Waals surface area contributed by atoms with Crippen molar-refractivity contribution < 1.29 is 19.1 Å². The molecule has 0 bridgehead atoms. The van der Waals surface area contributed by atoms with Gasteiger partial charge in [0.15, 0.2) is 12.7 Å². The largest absolute Gasteiger partial charge is 0.484 e. The lowest BCUT2D eigenvalue weighted by atomic mass is 10.0. The molecule has 0 aliphatic heterocycles. The molecule has 156 valence electrons. The molecule has 0 aromatic heterocycles. The minimum atomic E-state index is -0.672. The first-order chi connectivity index (χ1) is 13.8. The summed E-state index contributed by atoms with van der Waals surface area (Å²) >= 11 is 0. The summed E-state index contributed by atoms with van der Waals surface area (Å²) in [5.41, 5.74) is 2.72. The van der Waals surface area contributed by atoms with E-state index in [2.05, 4.69) is 24.5 Å². The van der Waals surface area contributed by atoms with E-state index < -0.39 is 6.10 Å². The molecule has 0 saturated carbocycles. The van der Waals surface area contributed by atoms with Crippen LogP contribution in [0.2, 0.25) is 0 Å². The highest BCUT2D eigenvalue weighted by molar-refractivity contribution is 5.94. The predicted molar refractivity (Wildman–Crippen MR) is 115 cm³/mol. The van der Waals surface area contributed by atoms with E-state index in [-0.39, 0.29) is 18.4 Å². The number of hydrogen-bond acceptors (Lipinski definition) is 4. The first-order valence-electron chi connectivity index (χ1n) is 9.87. The minimum Gasteiger partial charge on any atom is -0.484 e. The molecule has 2 amide bonds. The Morgan fingerprint density at radius 1 is 1.07 bits per heavy atom. The Hall–Kier alpha value is -3.02. The molecule has 0 aliphatic carbocycles. The van der Waals surface area contributed by atoms with Crippen molar-refractivity contribution in [3.05, 3.63) is 53.6 Å². The molecule has 0 spiro atoms. The molecule has 1 unspecified atom stereocenters. The van der Waals surface area contributed by atoms with Gasteiger partial charge >= 0.3 is 0 Å². The molecule has 1 atom stereocenters. The zero-order chi connectivity index (χ0) is 21.4. The number of likely N-dealkylation sites (N-methyl/N-ethyl adjacent to an activating group) is 1. The van der Waals surface area contributed by atoms with Crippen molar-refractivity contribution in [2.45, 2.75) is 46.6 Å². The topological polar surface area (TPSA) is 76.7 Å². The van der Waals surface area contributed by atoms with Crippen LogP contribution in [0.3, 0.4) is 0 Å². The number of anilines is 1. The summed E-state index contributed by atoms with van der Waals surface area (Å²) in [5, 5.41) is 5.50. The molecule has 0 fully saturated rings. The van der Waals surface area contributed by atoms with Crippen LogP contribution >= 0.6 is 0 Å². The van der Waals surface area contributed by atoms with Crippen molar-refractivity contribution in [2.75, 3.05) is 18.5 Å². The third-order valence-corrected chi connectivity index (χ3v) is 4.31. The smallest absolute Gasteiger partial charge is 0.265 e. The molecule has 29 heavy (non-hydrogen) atoms. The van der Waals surface area contributed by atoms with Crippen LogP contribution in [-0.2, 0) is 9.59 Å². The fraction of sp³-hybridized carbons (Fsp3) is 0.391. The van der Waals surface area contributed by atoms with Gasteiger partial charge in [0.05, 0.1) is 0 Å². The molecule has 6 heteroatoms. The Kier molecular flexibility index (Phi) is 8.07. The van der Waals surface area contributed by atoms with E-state index in [0.717, 1.165) is 16.9 Å². The number of benzene rings is 2. The summed E-state index contributed by atoms with van der Waals surface area (Å²) in [6.45, 7) is 10.2. The minimum absolute atomic E-state index is 0.0733. The lowest BCUT2D eigenvalue weighted by Gasteiger charge is -2.19. The number of nitrogens with one attached hydrogen (secondary N) is 2. The lowest BCUT2D eigenvalue weighted by Crippen LogP contribution is -2.30. The zero-order valence-corrected chi connectivity index (χ0v) is 17.7. The highest BCUT2D eigenvalue weighted by Gasteiger charge is 2.18. The number of amides is 2. The predicted octanol–water partition coefficient (Wildman–Crippen LogP) is 4.04. The fourth-order valence-electron chi connectivity index (χ4n) is 2.77. The summed E-state index contributed by atoms with van der Waals surface area (Å²) in [6, 6.07) is 13.0. The van der Waals surface area contributed by atoms with E-state index in [9.17, 15) is 9.59 Å². The molecule has 0 aliphatic rings. The highest BCUT2D eigenvalue weighted by Crippen LogP contribution is 2.28.